The first-order valence-corrected chi connectivity index (χ1v) is 8.07. The molecule has 2 atom stereocenters. The zero-order chi connectivity index (χ0) is 14.1. The molecule has 2 unspecified atom stereocenters. The van der Waals surface area contributed by atoms with Crippen LogP contribution in [-0.2, 0) is 16.0 Å². The second kappa shape index (κ2) is 5.86. The topological polar surface area (TPSA) is 29.5 Å². The maximum atomic E-state index is 12.1. The number of hydrogen-bond acceptors (Lipinski definition) is 3. The average molecular weight is 338 g/mol. The van der Waals surface area contributed by atoms with Gasteiger partial charge < -0.3 is 9.64 Å². The van der Waals surface area contributed by atoms with Crippen LogP contribution in [0.5, 0.6) is 0 Å². The minimum absolute atomic E-state index is 0.1000. The molecule has 0 aliphatic carbocycles. The van der Waals surface area contributed by atoms with Crippen LogP contribution in [0.4, 0.5) is 0 Å². The molecule has 2 aliphatic heterocycles. The minimum atomic E-state index is -0.1000. The van der Waals surface area contributed by atoms with Gasteiger partial charge in [-0.15, -0.1) is 0 Å². The Bertz CT molecular complexity index is 491. The molecular formula is C16H20BrNO2. The molecule has 3 nitrogen and oxygen atoms in total. The fourth-order valence-electron chi connectivity index (χ4n) is 3.50. The Morgan fingerprint density at radius 3 is 2.70 bits per heavy atom. The minimum Gasteiger partial charge on any atom is -0.462 e. The smallest absolute Gasteiger partial charge is 0.310 e. The molecule has 20 heavy (non-hydrogen) atoms. The highest BCUT2D eigenvalue weighted by molar-refractivity contribution is 9.10. The Balaban J connectivity index is 1.55. The van der Waals surface area contributed by atoms with E-state index in [0.717, 1.165) is 22.9 Å². The van der Waals surface area contributed by atoms with E-state index in [1.165, 1.54) is 12.8 Å². The van der Waals surface area contributed by atoms with Crippen molar-refractivity contribution in [2.24, 2.45) is 0 Å². The lowest BCUT2D eigenvalue weighted by molar-refractivity contribution is -0.151. The van der Waals surface area contributed by atoms with Gasteiger partial charge in [-0.3, -0.25) is 4.79 Å². The van der Waals surface area contributed by atoms with Gasteiger partial charge in [0.05, 0.1) is 6.42 Å². The normalized spacial score (nSPS) is 29.4. The fourth-order valence-corrected chi connectivity index (χ4v) is 3.95. The molecule has 0 radical (unpaired) electrons. The molecule has 4 heteroatoms. The number of halogens is 1. The number of fused-ring (bicyclic) bond motifs is 2. The number of carbonyl (C=O) groups is 1. The van der Waals surface area contributed by atoms with Crippen LogP contribution in [0.1, 0.15) is 31.2 Å². The Morgan fingerprint density at radius 1 is 1.35 bits per heavy atom. The van der Waals surface area contributed by atoms with E-state index < -0.39 is 0 Å². The molecule has 0 amide bonds. The standard InChI is InChI=1S/C16H20BrNO2/c1-18-13-5-6-14(18)10-15(9-13)20-16(19)8-11-3-2-4-12(17)7-11/h2-4,7,13-15H,5-6,8-10H2,1H3. The van der Waals surface area contributed by atoms with E-state index >= 15 is 0 Å². The lowest BCUT2D eigenvalue weighted by Gasteiger charge is -2.35. The van der Waals surface area contributed by atoms with Crippen molar-refractivity contribution in [2.45, 2.75) is 50.3 Å². The predicted molar refractivity (Wildman–Crippen MR) is 81.5 cm³/mol. The summed E-state index contributed by atoms with van der Waals surface area (Å²) in [5, 5.41) is 0. The van der Waals surface area contributed by atoms with Crippen molar-refractivity contribution in [3.05, 3.63) is 34.3 Å². The summed E-state index contributed by atoms with van der Waals surface area (Å²) < 4.78 is 6.68. The molecule has 1 aromatic carbocycles. The second-order valence-electron chi connectivity index (χ2n) is 5.94. The van der Waals surface area contributed by atoms with E-state index in [-0.39, 0.29) is 12.1 Å². The van der Waals surface area contributed by atoms with Gasteiger partial charge in [-0.25, -0.2) is 0 Å². The van der Waals surface area contributed by atoms with Crippen molar-refractivity contribution in [3.8, 4) is 0 Å². The van der Waals surface area contributed by atoms with Gasteiger partial charge in [0.15, 0.2) is 0 Å². The number of carbonyl (C=O) groups excluding carboxylic acids is 1. The predicted octanol–water partition coefficient (Wildman–Crippen LogP) is 3.16. The number of esters is 1. The van der Waals surface area contributed by atoms with Crippen molar-refractivity contribution in [2.75, 3.05) is 7.05 Å². The average Bonchev–Trinajstić information content (AvgIpc) is 2.61. The van der Waals surface area contributed by atoms with Gasteiger partial charge in [-0.2, -0.15) is 0 Å². The highest BCUT2D eigenvalue weighted by Gasteiger charge is 2.39. The first-order valence-electron chi connectivity index (χ1n) is 7.27. The van der Waals surface area contributed by atoms with Crippen molar-refractivity contribution >= 4 is 21.9 Å². The highest BCUT2D eigenvalue weighted by Crippen LogP contribution is 2.35. The summed E-state index contributed by atoms with van der Waals surface area (Å²) >= 11 is 3.42. The Hall–Kier alpha value is -0.870. The van der Waals surface area contributed by atoms with Crippen LogP contribution in [-0.4, -0.2) is 36.1 Å². The van der Waals surface area contributed by atoms with Crippen LogP contribution in [0, 0.1) is 0 Å². The van der Waals surface area contributed by atoms with E-state index in [9.17, 15) is 4.79 Å². The number of piperidine rings is 1. The third-order valence-corrected chi connectivity index (χ3v) is 5.08. The van der Waals surface area contributed by atoms with Crippen LogP contribution in [0.25, 0.3) is 0 Å². The first-order chi connectivity index (χ1) is 9.61. The SMILES string of the molecule is CN1C2CCC1CC(OC(=O)Cc1cccc(Br)c1)C2. The third kappa shape index (κ3) is 3.07. The molecule has 1 aromatic rings. The lowest BCUT2D eigenvalue weighted by atomic mass is 10.0. The number of benzene rings is 1. The number of hydrogen-bond donors (Lipinski definition) is 0. The summed E-state index contributed by atoms with van der Waals surface area (Å²) in [7, 11) is 2.20. The lowest BCUT2D eigenvalue weighted by Crippen LogP contribution is -2.43. The summed E-state index contributed by atoms with van der Waals surface area (Å²) in [5.41, 5.74) is 1.00. The molecule has 2 heterocycles. The molecule has 2 fully saturated rings. The quantitative estimate of drug-likeness (QED) is 0.793. The number of ether oxygens (including phenoxy) is 1. The summed E-state index contributed by atoms with van der Waals surface area (Å²) in [6, 6.07) is 9.06. The van der Waals surface area contributed by atoms with Gasteiger partial charge in [-0.05, 0) is 50.4 Å². The maximum Gasteiger partial charge on any atom is 0.310 e. The van der Waals surface area contributed by atoms with Crippen molar-refractivity contribution in [1.82, 2.24) is 4.90 Å². The molecule has 0 spiro atoms. The molecule has 108 valence electrons. The Labute approximate surface area is 128 Å². The molecule has 3 rings (SSSR count). The van der Waals surface area contributed by atoms with Gasteiger partial charge in [-0.1, -0.05) is 28.1 Å². The van der Waals surface area contributed by atoms with Gasteiger partial charge in [0.1, 0.15) is 6.10 Å². The van der Waals surface area contributed by atoms with Crippen molar-refractivity contribution in [3.63, 3.8) is 0 Å². The van der Waals surface area contributed by atoms with Crippen molar-refractivity contribution in [1.29, 1.82) is 0 Å². The monoisotopic (exact) mass is 337 g/mol. The van der Waals surface area contributed by atoms with Crippen LogP contribution in [0.3, 0.4) is 0 Å². The molecule has 0 aromatic heterocycles. The summed E-state index contributed by atoms with van der Waals surface area (Å²) in [6.07, 6.45) is 4.97. The van der Waals surface area contributed by atoms with Gasteiger partial charge in [0.25, 0.3) is 0 Å². The Kier molecular flexibility index (Phi) is 4.13. The van der Waals surface area contributed by atoms with E-state index in [4.69, 9.17) is 4.74 Å². The van der Waals surface area contributed by atoms with Crippen LogP contribution < -0.4 is 0 Å². The van der Waals surface area contributed by atoms with Crippen LogP contribution >= 0.6 is 15.9 Å². The van der Waals surface area contributed by atoms with Gasteiger partial charge in [0, 0.05) is 16.6 Å². The number of rotatable bonds is 3. The van der Waals surface area contributed by atoms with Gasteiger partial charge in [0.2, 0.25) is 0 Å². The molecule has 0 saturated carbocycles. The maximum absolute atomic E-state index is 12.1. The van der Waals surface area contributed by atoms with Crippen LogP contribution in [0.2, 0.25) is 0 Å². The van der Waals surface area contributed by atoms with Gasteiger partial charge >= 0.3 is 5.97 Å². The van der Waals surface area contributed by atoms with E-state index in [1.54, 1.807) is 0 Å². The summed E-state index contributed by atoms with van der Waals surface area (Å²) in [4.78, 5) is 14.5. The van der Waals surface area contributed by atoms with E-state index in [1.807, 2.05) is 24.3 Å². The molecule has 2 aliphatic rings. The molecule has 2 bridgehead atoms. The largest absolute Gasteiger partial charge is 0.462 e. The Morgan fingerprint density at radius 2 is 2.05 bits per heavy atom. The van der Waals surface area contributed by atoms with E-state index in [0.29, 0.717) is 18.5 Å². The highest BCUT2D eigenvalue weighted by atomic mass is 79.9. The summed E-state index contributed by atoms with van der Waals surface area (Å²) in [5.74, 6) is -0.1000. The third-order valence-electron chi connectivity index (χ3n) is 4.59. The van der Waals surface area contributed by atoms with Crippen molar-refractivity contribution < 1.29 is 9.53 Å². The first kappa shape index (κ1) is 14.1. The van der Waals surface area contributed by atoms with E-state index in [2.05, 4.69) is 27.9 Å². The summed E-state index contributed by atoms with van der Waals surface area (Å²) in [6.45, 7) is 0. The second-order valence-corrected chi connectivity index (χ2v) is 6.86. The fraction of sp³-hybridized carbons (Fsp3) is 0.562. The molecule has 0 N–H and O–H groups in total. The van der Waals surface area contributed by atoms with Crippen LogP contribution in [0.15, 0.2) is 28.7 Å². The molecule has 2 saturated heterocycles. The zero-order valence-corrected chi connectivity index (χ0v) is 13.3. The molecular weight excluding hydrogens is 318 g/mol. The zero-order valence-electron chi connectivity index (χ0n) is 11.7. The number of nitrogens with zero attached hydrogens (tertiary/aromatic N) is 1.